The Labute approximate surface area is 216 Å². The molecule has 3 rings (SSSR count). The molecule has 3 amide bonds. The first kappa shape index (κ1) is 26.9. The number of amides is 3. The summed E-state index contributed by atoms with van der Waals surface area (Å²) in [5.41, 5.74) is 2.11. The van der Waals surface area contributed by atoms with Crippen molar-refractivity contribution >= 4 is 33.7 Å². The normalized spacial score (nSPS) is 18.4. The van der Waals surface area contributed by atoms with Gasteiger partial charge in [-0.15, -0.1) is 0 Å². The van der Waals surface area contributed by atoms with Crippen LogP contribution in [0.3, 0.4) is 0 Å². The van der Waals surface area contributed by atoms with Crippen molar-refractivity contribution in [1.82, 2.24) is 20.4 Å². The van der Waals surface area contributed by atoms with E-state index >= 15 is 0 Å². The molecule has 1 aliphatic heterocycles. The Bertz CT molecular complexity index is 973. The van der Waals surface area contributed by atoms with Crippen LogP contribution in [-0.2, 0) is 27.3 Å². The van der Waals surface area contributed by atoms with Gasteiger partial charge in [0.25, 0.3) is 0 Å². The molecule has 2 N–H and O–H groups in total. The Hall–Kier alpha value is -2.71. The first-order valence-corrected chi connectivity index (χ1v) is 13.1. The van der Waals surface area contributed by atoms with Crippen LogP contribution in [0.5, 0.6) is 0 Å². The van der Waals surface area contributed by atoms with E-state index in [-0.39, 0.29) is 22.5 Å². The lowest BCUT2D eigenvalue weighted by atomic mass is 10.0. The van der Waals surface area contributed by atoms with Crippen LogP contribution < -0.4 is 10.6 Å². The van der Waals surface area contributed by atoms with E-state index in [0.29, 0.717) is 39.0 Å². The van der Waals surface area contributed by atoms with Gasteiger partial charge in [-0.3, -0.25) is 19.3 Å². The molecule has 0 aliphatic carbocycles. The lowest BCUT2D eigenvalue weighted by molar-refractivity contribution is -0.142. The second-order valence-corrected chi connectivity index (χ2v) is 9.99. The van der Waals surface area contributed by atoms with Crippen molar-refractivity contribution in [3.8, 4) is 0 Å². The van der Waals surface area contributed by atoms with E-state index in [2.05, 4.69) is 43.6 Å². The van der Waals surface area contributed by atoms with E-state index < -0.39 is 12.1 Å². The molecule has 188 valence electrons. The molecule has 0 saturated carbocycles. The fraction of sp³-hybridized carbons (Fsp3) is 0.444. The summed E-state index contributed by atoms with van der Waals surface area (Å²) >= 11 is 3.45. The minimum Gasteiger partial charge on any atom is -0.357 e. The monoisotopic (exact) mass is 542 g/mol. The second-order valence-electron chi connectivity index (χ2n) is 8.89. The minimum atomic E-state index is -0.742. The highest BCUT2D eigenvalue weighted by Gasteiger charge is 2.38. The molecule has 3 atom stereocenters. The minimum absolute atomic E-state index is 0.203. The third-order valence-corrected chi connectivity index (χ3v) is 7.14. The van der Waals surface area contributed by atoms with Crippen LogP contribution in [-0.4, -0.2) is 71.1 Å². The van der Waals surface area contributed by atoms with Gasteiger partial charge in [-0.1, -0.05) is 89.9 Å². The Kier molecular flexibility index (Phi) is 10.3. The third kappa shape index (κ3) is 7.64. The fourth-order valence-electron chi connectivity index (χ4n) is 4.38. The smallest absolute Gasteiger partial charge is 0.247 e. The van der Waals surface area contributed by atoms with E-state index in [1.165, 1.54) is 0 Å². The van der Waals surface area contributed by atoms with Crippen molar-refractivity contribution in [2.45, 2.75) is 49.6 Å². The van der Waals surface area contributed by atoms with Crippen molar-refractivity contribution in [2.24, 2.45) is 0 Å². The third-order valence-electron chi connectivity index (χ3n) is 6.27. The van der Waals surface area contributed by atoms with Crippen molar-refractivity contribution in [1.29, 1.82) is 0 Å². The SMILES string of the molecule is CCCC(Br)C(=O)NC1CN(Cc2ccccc2)CCN([C@@H](Cc2ccccc2)C(=O)NC)C1=O. The molecule has 0 radical (unpaired) electrons. The van der Waals surface area contributed by atoms with Gasteiger partial charge < -0.3 is 15.5 Å². The van der Waals surface area contributed by atoms with Crippen molar-refractivity contribution in [3.63, 3.8) is 0 Å². The molecule has 1 saturated heterocycles. The molecule has 35 heavy (non-hydrogen) atoms. The molecular formula is C27H35BrN4O3. The zero-order chi connectivity index (χ0) is 25.2. The van der Waals surface area contributed by atoms with Crippen LogP contribution in [0.15, 0.2) is 60.7 Å². The highest BCUT2D eigenvalue weighted by Crippen LogP contribution is 2.17. The maximum Gasteiger partial charge on any atom is 0.247 e. The average molecular weight is 544 g/mol. The number of carbonyl (C=O) groups is 3. The number of nitrogens with one attached hydrogen (secondary N) is 2. The molecule has 2 aromatic carbocycles. The Balaban J connectivity index is 1.87. The topological polar surface area (TPSA) is 81.8 Å². The molecule has 0 aromatic heterocycles. The number of hydrogen-bond donors (Lipinski definition) is 2. The maximum atomic E-state index is 13.8. The van der Waals surface area contributed by atoms with Gasteiger partial charge in [-0.05, 0) is 17.5 Å². The molecule has 0 spiro atoms. The van der Waals surface area contributed by atoms with Crippen LogP contribution in [0, 0.1) is 0 Å². The van der Waals surface area contributed by atoms with Crippen molar-refractivity contribution < 1.29 is 14.4 Å². The predicted molar refractivity (Wildman–Crippen MR) is 141 cm³/mol. The Morgan fingerprint density at radius 2 is 1.63 bits per heavy atom. The van der Waals surface area contributed by atoms with Gasteiger partial charge in [-0.2, -0.15) is 0 Å². The fourth-order valence-corrected chi connectivity index (χ4v) is 4.97. The molecule has 0 bridgehead atoms. The lowest BCUT2D eigenvalue weighted by Crippen LogP contribution is -2.57. The van der Waals surface area contributed by atoms with Crippen LogP contribution >= 0.6 is 15.9 Å². The van der Waals surface area contributed by atoms with Gasteiger partial charge in [-0.25, -0.2) is 0 Å². The number of carbonyl (C=O) groups excluding carboxylic acids is 3. The standard InChI is InChI=1S/C27H35BrN4O3/c1-3-10-22(28)25(33)30-23-19-31(18-21-13-8-5-9-14-21)15-16-32(27(23)35)24(26(34)29-2)17-20-11-6-4-7-12-20/h4-9,11-14,22-24H,3,10,15-19H2,1-2H3,(H,29,34)(H,30,33)/t22?,23?,24-/m0/s1. The molecule has 1 aliphatic rings. The summed E-state index contributed by atoms with van der Waals surface area (Å²) in [6.07, 6.45) is 1.94. The summed E-state index contributed by atoms with van der Waals surface area (Å²) in [6, 6.07) is 18.3. The number of alkyl halides is 1. The van der Waals surface area contributed by atoms with Crippen LogP contribution in [0.2, 0.25) is 0 Å². The largest absolute Gasteiger partial charge is 0.357 e. The van der Waals surface area contributed by atoms with E-state index in [1.807, 2.05) is 55.5 Å². The van der Waals surface area contributed by atoms with E-state index in [1.54, 1.807) is 11.9 Å². The molecule has 2 aromatic rings. The summed E-state index contributed by atoms with van der Waals surface area (Å²) < 4.78 is 0. The zero-order valence-electron chi connectivity index (χ0n) is 20.5. The summed E-state index contributed by atoms with van der Waals surface area (Å²) in [6.45, 7) is 4.05. The number of hydrogen-bond acceptors (Lipinski definition) is 4. The van der Waals surface area contributed by atoms with Gasteiger partial charge in [0.15, 0.2) is 0 Å². The second kappa shape index (κ2) is 13.4. The lowest BCUT2D eigenvalue weighted by Gasteiger charge is -2.31. The van der Waals surface area contributed by atoms with Crippen LogP contribution in [0.1, 0.15) is 30.9 Å². The van der Waals surface area contributed by atoms with Gasteiger partial charge in [0.05, 0.1) is 4.83 Å². The molecule has 1 heterocycles. The Morgan fingerprint density at radius 3 is 2.23 bits per heavy atom. The predicted octanol–water partition coefficient (Wildman–Crippen LogP) is 2.74. The number of nitrogens with zero attached hydrogens (tertiary/aromatic N) is 2. The molecule has 7 nitrogen and oxygen atoms in total. The van der Waals surface area contributed by atoms with E-state index in [4.69, 9.17) is 0 Å². The summed E-state index contributed by atoms with van der Waals surface area (Å²) in [5, 5.41) is 5.69. The van der Waals surface area contributed by atoms with Gasteiger partial charge in [0.2, 0.25) is 17.7 Å². The van der Waals surface area contributed by atoms with E-state index in [9.17, 15) is 14.4 Å². The highest BCUT2D eigenvalue weighted by molar-refractivity contribution is 9.10. The van der Waals surface area contributed by atoms with Crippen LogP contribution in [0.4, 0.5) is 0 Å². The summed E-state index contributed by atoms with van der Waals surface area (Å²) in [5.74, 6) is -0.644. The highest BCUT2D eigenvalue weighted by atomic mass is 79.9. The van der Waals surface area contributed by atoms with Crippen molar-refractivity contribution in [3.05, 3.63) is 71.8 Å². The first-order valence-electron chi connectivity index (χ1n) is 12.2. The molecule has 1 fully saturated rings. The van der Waals surface area contributed by atoms with Gasteiger partial charge >= 0.3 is 0 Å². The van der Waals surface area contributed by atoms with Gasteiger partial charge in [0.1, 0.15) is 12.1 Å². The zero-order valence-corrected chi connectivity index (χ0v) is 22.0. The average Bonchev–Trinajstić information content (AvgIpc) is 3.02. The quantitative estimate of drug-likeness (QED) is 0.452. The number of halogens is 1. The molecule has 8 heteroatoms. The number of rotatable bonds is 10. The maximum absolute atomic E-state index is 13.8. The summed E-state index contributed by atoms with van der Waals surface area (Å²) in [4.78, 5) is 43.1. The van der Waals surface area contributed by atoms with Crippen LogP contribution in [0.25, 0.3) is 0 Å². The van der Waals surface area contributed by atoms with E-state index in [0.717, 1.165) is 17.5 Å². The number of likely N-dealkylation sites (N-methyl/N-ethyl adjacent to an activating group) is 1. The molecular weight excluding hydrogens is 508 g/mol. The van der Waals surface area contributed by atoms with Crippen molar-refractivity contribution in [2.75, 3.05) is 26.7 Å². The first-order chi connectivity index (χ1) is 16.9. The number of benzene rings is 2. The summed E-state index contributed by atoms with van der Waals surface area (Å²) in [7, 11) is 1.59. The molecule has 2 unspecified atom stereocenters. The van der Waals surface area contributed by atoms with Gasteiger partial charge in [0, 0.05) is 39.6 Å². The Morgan fingerprint density at radius 1 is 1.00 bits per heavy atom.